The van der Waals surface area contributed by atoms with E-state index < -0.39 is 0 Å². The van der Waals surface area contributed by atoms with Gasteiger partial charge >= 0.3 is 5.97 Å². The number of carbonyl (C=O) groups excluding carboxylic acids is 1. The van der Waals surface area contributed by atoms with E-state index in [-0.39, 0.29) is 12.0 Å². The van der Waals surface area contributed by atoms with Crippen molar-refractivity contribution in [1.29, 1.82) is 0 Å². The zero-order valence-electron chi connectivity index (χ0n) is 9.32. The Labute approximate surface area is 90.2 Å². The van der Waals surface area contributed by atoms with E-state index in [2.05, 4.69) is 5.73 Å². The number of rotatable bonds is 4. The van der Waals surface area contributed by atoms with Crippen LogP contribution in [0, 0.1) is 6.92 Å². The number of benzene rings is 1. The van der Waals surface area contributed by atoms with Crippen LogP contribution in [0.15, 0.2) is 24.3 Å². The van der Waals surface area contributed by atoms with Gasteiger partial charge < -0.3 is 10.5 Å². The zero-order valence-corrected chi connectivity index (χ0v) is 9.32. The lowest BCUT2D eigenvalue weighted by molar-refractivity contribution is -0.425. The van der Waals surface area contributed by atoms with Crippen LogP contribution in [0.1, 0.15) is 30.5 Å². The molecule has 0 spiro atoms. The van der Waals surface area contributed by atoms with Gasteiger partial charge in [-0.15, -0.1) is 0 Å². The predicted octanol–water partition coefficient (Wildman–Crippen LogP) is 1.23. The summed E-state index contributed by atoms with van der Waals surface area (Å²) in [6.45, 7) is 4.27. The van der Waals surface area contributed by atoms with Crippen LogP contribution < -0.4 is 5.73 Å². The van der Waals surface area contributed by atoms with Crippen LogP contribution >= 0.6 is 0 Å². The molecular formula is C12H18NO2+. The minimum absolute atomic E-state index is 0.0235. The summed E-state index contributed by atoms with van der Waals surface area (Å²) in [5, 5.41) is 0. The van der Waals surface area contributed by atoms with E-state index in [0.717, 1.165) is 5.56 Å². The summed E-state index contributed by atoms with van der Waals surface area (Å²) in [5.74, 6) is -0.182. The van der Waals surface area contributed by atoms with Gasteiger partial charge in [0.25, 0.3) is 0 Å². The van der Waals surface area contributed by atoms with Crippen LogP contribution in [0.25, 0.3) is 0 Å². The second-order valence-electron chi connectivity index (χ2n) is 3.62. The number of aryl methyl sites for hydroxylation is 1. The van der Waals surface area contributed by atoms with E-state index in [1.807, 2.05) is 38.1 Å². The van der Waals surface area contributed by atoms with Crippen LogP contribution in [0.5, 0.6) is 0 Å². The quantitative estimate of drug-likeness (QED) is 0.757. The first-order valence-electron chi connectivity index (χ1n) is 5.18. The fourth-order valence-corrected chi connectivity index (χ4v) is 1.38. The maximum Gasteiger partial charge on any atom is 0.312 e. The van der Waals surface area contributed by atoms with Crippen molar-refractivity contribution in [3.8, 4) is 0 Å². The molecule has 0 amide bonds. The molecule has 3 heteroatoms. The van der Waals surface area contributed by atoms with E-state index in [4.69, 9.17) is 4.74 Å². The molecule has 82 valence electrons. The third kappa shape index (κ3) is 3.72. The molecule has 1 rings (SSSR count). The van der Waals surface area contributed by atoms with Crippen molar-refractivity contribution >= 4 is 5.97 Å². The first-order valence-corrected chi connectivity index (χ1v) is 5.18. The molecule has 0 bridgehead atoms. The number of esters is 1. The lowest BCUT2D eigenvalue weighted by Gasteiger charge is -2.08. The SMILES string of the molecule is CCOC(=O)C[C@@H]([NH3+])c1ccc(C)cc1. The van der Waals surface area contributed by atoms with Gasteiger partial charge in [0.05, 0.1) is 6.61 Å². The molecule has 0 heterocycles. The summed E-state index contributed by atoms with van der Waals surface area (Å²) in [6, 6.07) is 8.04. The normalized spacial score (nSPS) is 12.2. The molecule has 3 nitrogen and oxygen atoms in total. The number of quaternary nitrogens is 1. The zero-order chi connectivity index (χ0) is 11.3. The van der Waals surface area contributed by atoms with Crippen molar-refractivity contribution < 1.29 is 15.3 Å². The second kappa shape index (κ2) is 5.51. The van der Waals surface area contributed by atoms with Crippen molar-refractivity contribution in [3.05, 3.63) is 35.4 Å². The molecule has 15 heavy (non-hydrogen) atoms. The topological polar surface area (TPSA) is 53.9 Å². The fraction of sp³-hybridized carbons (Fsp3) is 0.417. The number of ether oxygens (including phenoxy) is 1. The number of hydrogen-bond acceptors (Lipinski definition) is 2. The highest BCUT2D eigenvalue weighted by atomic mass is 16.5. The first kappa shape index (κ1) is 11.7. The Bertz CT molecular complexity index is 319. The van der Waals surface area contributed by atoms with Gasteiger partial charge in [-0.1, -0.05) is 29.8 Å². The first-order chi connectivity index (χ1) is 7.13. The summed E-state index contributed by atoms with van der Waals surface area (Å²) in [4.78, 5) is 11.2. The molecule has 0 saturated heterocycles. The van der Waals surface area contributed by atoms with Gasteiger partial charge in [-0.2, -0.15) is 0 Å². The van der Waals surface area contributed by atoms with Gasteiger partial charge in [-0.3, -0.25) is 4.79 Å². The smallest absolute Gasteiger partial charge is 0.312 e. The van der Waals surface area contributed by atoms with Gasteiger partial charge in [0, 0.05) is 5.56 Å². The fourth-order valence-electron chi connectivity index (χ4n) is 1.38. The highest BCUT2D eigenvalue weighted by Gasteiger charge is 2.15. The highest BCUT2D eigenvalue weighted by Crippen LogP contribution is 2.13. The summed E-state index contributed by atoms with van der Waals surface area (Å²) in [6.07, 6.45) is 0.344. The Morgan fingerprint density at radius 2 is 2.00 bits per heavy atom. The monoisotopic (exact) mass is 208 g/mol. The Kier molecular flexibility index (Phi) is 4.31. The van der Waals surface area contributed by atoms with Crippen molar-refractivity contribution in [1.82, 2.24) is 0 Å². The van der Waals surface area contributed by atoms with Gasteiger partial charge in [-0.25, -0.2) is 0 Å². The second-order valence-corrected chi connectivity index (χ2v) is 3.62. The largest absolute Gasteiger partial charge is 0.466 e. The minimum Gasteiger partial charge on any atom is -0.466 e. The van der Waals surface area contributed by atoms with Crippen LogP contribution in [-0.4, -0.2) is 12.6 Å². The van der Waals surface area contributed by atoms with Crippen molar-refractivity contribution in [2.24, 2.45) is 0 Å². The Morgan fingerprint density at radius 1 is 1.40 bits per heavy atom. The molecule has 1 atom stereocenters. The van der Waals surface area contributed by atoms with E-state index in [9.17, 15) is 4.79 Å². The maximum absolute atomic E-state index is 11.2. The van der Waals surface area contributed by atoms with Gasteiger partial charge in [0.1, 0.15) is 12.5 Å². The molecule has 1 aromatic carbocycles. The summed E-state index contributed by atoms with van der Waals surface area (Å²) in [5.41, 5.74) is 6.25. The Balaban J connectivity index is 2.57. The molecule has 1 aromatic rings. The molecule has 0 aliphatic rings. The van der Waals surface area contributed by atoms with Crippen molar-refractivity contribution in [3.63, 3.8) is 0 Å². The van der Waals surface area contributed by atoms with Gasteiger partial charge in [0.15, 0.2) is 0 Å². The van der Waals surface area contributed by atoms with E-state index in [0.29, 0.717) is 13.0 Å². The predicted molar refractivity (Wildman–Crippen MR) is 58.1 cm³/mol. The highest BCUT2D eigenvalue weighted by molar-refractivity contribution is 5.70. The number of carbonyl (C=O) groups is 1. The van der Waals surface area contributed by atoms with Crippen molar-refractivity contribution in [2.75, 3.05) is 6.61 Å². The molecule has 0 aliphatic carbocycles. The standard InChI is InChI=1S/C12H17NO2/c1-3-15-12(14)8-11(13)10-6-4-9(2)5-7-10/h4-7,11H,3,8,13H2,1-2H3/p+1/t11-/m1/s1. The Hall–Kier alpha value is -1.35. The molecule has 0 aromatic heterocycles. The van der Waals surface area contributed by atoms with E-state index in [1.54, 1.807) is 0 Å². The average molecular weight is 208 g/mol. The molecule has 0 saturated carbocycles. The van der Waals surface area contributed by atoms with Crippen LogP contribution in [-0.2, 0) is 9.53 Å². The van der Waals surface area contributed by atoms with Crippen LogP contribution in [0.2, 0.25) is 0 Å². The minimum atomic E-state index is -0.182. The van der Waals surface area contributed by atoms with Crippen molar-refractivity contribution in [2.45, 2.75) is 26.3 Å². The third-order valence-electron chi connectivity index (χ3n) is 2.27. The maximum atomic E-state index is 11.2. The third-order valence-corrected chi connectivity index (χ3v) is 2.27. The molecular weight excluding hydrogens is 190 g/mol. The van der Waals surface area contributed by atoms with Gasteiger partial charge in [0.2, 0.25) is 0 Å². The molecule has 0 aliphatic heterocycles. The lowest BCUT2D eigenvalue weighted by Crippen LogP contribution is -2.54. The van der Waals surface area contributed by atoms with Crippen LogP contribution in [0.4, 0.5) is 0 Å². The molecule has 0 radical (unpaired) electrons. The molecule has 0 fully saturated rings. The summed E-state index contributed by atoms with van der Waals surface area (Å²) < 4.78 is 4.88. The van der Waals surface area contributed by atoms with E-state index >= 15 is 0 Å². The summed E-state index contributed by atoms with van der Waals surface area (Å²) in [7, 11) is 0. The lowest BCUT2D eigenvalue weighted by atomic mass is 10.0. The number of hydrogen-bond donors (Lipinski definition) is 1. The van der Waals surface area contributed by atoms with Gasteiger partial charge in [-0.05, 0) is 13.8 Å². The average Bonchev–Trinajstić information content (AvgIpc) is 2.18. The molecule has 0 unspecified atom stereocenters. The summed E-state index contributed by atoms with van der Waals surface area (Å²) >= 11 is 0. The Morgan fingerprint density at radius 3 is 2.53 bits per heavy atom. The molecule has 3 N–H and O–H groups in total. The van der Waals surface area contributed by atoms with E-state index in [1.165, 1.54) is 5.56 Å². The van der Waals surface area contributed by atoms with Crippen LogP contribution in [0.3, 0.4) is 0 Å².